The summed E-state index contributed by atoms with van der Waals surface area (Å²) >= 11 is 1.49. The highest BCUT2D eigenvalue weighted by Gasteiger charge is 2.08. The standard InChI is InChI=1S/C8H18N4O2S/c1-9-4-5-15-11-8(10-2)12(3)6-7(13)14/h9H,4-6H2,1-3H3,(H,10,11)(H,13,14). The number of guanidine groups is 1. The summed E-state index contributed by atoms with van der Waals surface area (Å²) in [5.41, 5.74) is 0. The quantitative estimate of drug-likeness (QED) is 0.248. The number of carboxylic acid groups (broad SMARTS) is 1. The first-order valence-electron chi connectivity index (χ1n) is 4.54. The van der Waals surface area contributed by atoms with Crippen LogP contribution in [-0.2, 0) is 4.79 Å². The first-order valence-corrected chi connectivity index (χ1v) is 5.52. The largest absolute Gasteiger partial charge is 0.480 e. The van der Waals surface area contributed by atoms with Gasteiger partial charge in [0, 0.05) is 26.4 Å². The lowest BCUT2D eigenvalue weighted by atomic mass is 10.6. The third-order valence-electron chi connectivity index (χ3n) is 1.56. The van der Waals surface area contributed by atoms with Crippen molar-refractivity contribution in [2.75, 3.05) is 40.0 Å². The lowest BCUT2D eigenvalue weighted by Crippen LogP contribution is -2.39. The molecule has 0 fully saturated rings. The molecule has 0 saturated carbocycles. The molecule has 0 aromatic heterocycles. The van der Waals surface area contributed by atoms with Crippen LogP contribution in [0.15, 0.2) is 4.99 Å². The van der Waals surface area contributed by atoms with Gasteiger partial charge in [0.05, 0.1) is 0 Å². The van der Waals surface area contributed by atoms with Crippen LogP contribution in [0.5, 0.6) is 0 Å². The summed E-state index contributed by atoms with van der Waals surface area (Å²) in [6, 6.07) is 0. The predicted molar refractivity (Wildman–Crippen MR) is 63.1 cm³/mol. The molecule has 0 unspecified atom stereocenters. The second-order valence-corrected chi connectivity index (χ2v) is 3.75. The molecule has 0 radical (unpaired) electrons. The summed E-state index contributed by atoms with van der Waals surface area (Å²) in [4.78, 5) is 16.0. The molecule has 3 N–H and O–H groups in total. The number of nitrogens with zero attached hydrogens (tertiary/aromatic N) is 2. The highest BCUT2D eigenvalue weighted by Crippen LogP contribution is 1.94. The predicted octanol–water partition coefficient (Wildman–Crippen LogP) is -0.554. The average molecular weight is 234 g/mol. The minimum atomic E-state index is -0.874. The van der Waals surface area contributed by atoms with Gasteiger partial charge in [-0.05, 0) is 19.0 Å². The molecule has 0 amide bonds. The van der Waals surface area contributed by atoms with Gasteiger partial charge in [-0.3, -0.25) is 9.79 Å². The van der Waals surface area contributed by atoms with Gasteiger partial charge in [-0.1, -0.05) is 0 Å². The molecule has 0 saturated heterocycles. The number of rotatable bonds is 6. The molecular formula is C8H18N4O2S. The second kappa shape index (κ2) is 8.37. The van der Waals surface area contributed by atoms with Gasteiger partial charge in [-0.25, -0.2) is 0 Å². The maximum atomic E-state index is 10.5. The van der Waals surface area contributed by atoms with Gasteiger partial charge < -0.3 is 20.0 Å². The van der Waals surface area contributed by atoms with E-state index in [1.807, 2.05) is 7.05 Å². The number of hydrogen-bond donors (Lipinski definition) is 3. The van der Waals surface area contributed by atoms with Crippen molar-refractivity contribution in [2.24, 2.45) is 4.99 Å². The molecule has 0 aromatic carbocycles. The summed E-state index contributed by atoms with van der Waals surface area (Å²) in [5.74, 6) is 0.579. The van der Waals surface area contributed by atoms with Gasteiger partial charge in [-0.2, -0.15) is 0 Å². The number of likely N-dealkylation sites (N-methyl/N-ethyl adjacent to an activating group) is 1. The van der Waals surface area contributed by atoms with Gasteiger partial charge in [0.25, 0.3) is 0 Å². The topological polar surface area (TPSA) is 77.0 Å². The lowest BCUT2D eigenvalue weighted by Gasteiger charge is -2.19. The zero-order chi connectivity index (χ0) is 11.7. The highest BCUT2D eigenvalue weighted by molar-refractivity contribution is 7.97. The van der Waals surface area contributed by atoms with Crippen molar-refractivity contribution in [1.82, 2.24) is 14.9 Å². The molecule has 88 valence electrons. The van der Waals surface area contributed by atoms with Gasteiger partial charge in [-0.15, -0.1) is 0 Å². The molecule has 0 atom stereocenters. The molecule has 0 aromatic rings. The van der Waals surface area contributed by atoms with Crippen LogP contribution < -0.4 is 10.0 Å². The molecule has 0 bridgehead atoms. The number of carbonyl (C=O) groups is 1. The summed E-state index contributed by atoms with van der Waals surface area (Å²) in [6.45, 7) is 0.823. The van der Waals surface area contributed by atoms with E-state index in [1.165, 1.54) is 11.9 Å². The van der Waals surface area contributed by atoms with E-state index < -0.39 is 5.97 Å². The van der Waals surface area contributed by atoms with Crippen LogP contribution in [0.4, 0.5) is 0 Å². The zero-order valence-corrected chi connectivity index (χ0v) is 10.1. The van der Waals surface area contributed by atoms with Crippen molar-refractivity contribution in [3.63, 3.8) is 0 Å². The van der Waals surface area contributed by atoms with Crippen LogP contribution >= 0.6 is 11.9 Å². The third kappa shape index (κ3) is 7.03. The number of aliphatic imine (C=N–C) groups is 1. The van der Waals surface area contributed by atoms with E-state index in [-0.39, 0.29) is 6.54 Å². The van der Waals surface area contributed by atoms with Crippen molar-refractivity contribution in [1.29, 1.82) is 0 Å². The Hall–Kier alpha value is -0.950. The fourth-order valence-electron chi connectivity index (χ4n) is 0.841. The van der Waals surface area contributed by atoms with E-state index in [2.05, 4.69) is 15.0 Å². The van der Waals surface area contributed by atoms with Gasteiger partial charge >= 0.3 is 5.97 Å². The molecule has 0 aliphatic heterocycles. The Balaban J connectivity index is 3.87. The Morgan fingerprint density at radius 1 is 1.60 bits per heavy atom. The Kier molecular flexibility index (Phi) is 7.84. The van der Waals surface area contributed by atoms with E-state index in [4.69, 9.17) is 5.11 Å². The zero-order valence-electron chi connectivity index (χ0n) is 9.28. The van der Waals surface area contributed by atoms with Gasteiger partial charge in [0.15, 0.2) is 0 Å². The number of nitrogens with one attached hydrogen (secondary N) is 2. The smallest absolute Gasteiger partial charge is 0.323 e. The summed E-state index contributed by atoms with van der Waals surface area (Å²) < 4.78 is 3.00. The highest BCUT2D eigenvalue weighted by atomic mass is 32.2. The van der Waals surface area contributed by atoms with E-state index in [1.54, 1.807) is 19.0 Å². The van der Waals surface area contributed by atoms with Crippen molar-refractivity contribution < 1.29 is 9.90 Å². The monoisotopic (exact) mass is 234 g/mol. The molecule has 0 heterocycles. The van der Waals surface area contributed by atoms with Crippen LogP contribution in [0.1, 0.15) is 0 Å². The third-order valence-corrected chi connectivity index (χ3v) is 2.30. The minimum absolute atomic E-state index is 0.0632. The molecule has 0 aliphatic rings. The number of carboxylic acids is 1. The first-order chi connectivity index (χ1) is 7.11. The number of aliphatic carboxylic acids is 1. The van der Waals surface area contributed by atoms with Crippen molar-refractivity contribution in [3.05, 3.63) is 0 Å². The Morgan fingerprint density at radius 2 is 2.27 bits per heavy atom. The molecule has 0 aliphatic carbocycles. The summed E-state index contributed by atoms with van der Waals surface area (Å²) in [5, 5.41) is 11.6. The summed E-state index contributed by atoms with van der Waals surface area (Å²) in [6.07, 6.45) is 0. The molecule has 15 heavy (non-hydrogen) atoms. The van der Waals surface area contributed by atoms with E-state index in [0.717, 1.165) is 12.3 Å². The lowest BCUT2D eigenvalue weighted by molar-refractivity contribution is -0.137. The fourth-order valence-corrected chi connectivity index (χ4v) is 1.63. The van der Waals surface area contributed by atoms with Crippen LogP contribution in [0.25, 0.3) is 0 Å². The molecule has 0 rings (SSSR count). The molecular weight excluding hydrogens is 216 g/mol. The second-order valence-electron chi connectivity index (χ2n) is 2.85. The van der Waals surface area contributed by atoms with Crippen molar-refractivity contribution >= 4 is 23.9 Å². The normalized spacial score (nSPS) is 11.3. The van der Waals surface area contributed by atoms with Crippen LogP contribution in [0, 0.1) is 0 Å². The van der Waals surface area contributed by atoms with Crippen LogP contribution in [0.2, 0.25) is 0 Å². The summed E-state index contributed by atoms with van der Waals surface area (Å²) in [7, 11) is 5.19. The molecule has 7 heteroatoms. The van der Waals surface area contributed by atoms with E-state index in [9.17, 15) is 4.79 Å². The fraction of sp³-hybridized carbons (Fsp3) is 0.750. The Bertz CT molecular complexity index is 223. The minimum Gasteiger partial charge on any atom is -0.480 e. The molecule has 0 spiro atoms. The Labute approximate surface area is 94.3 Å². The van der Waals surface area contributed by atoms with Crippen molar-refractivity contribution in [2.45, 2.75) is 0 Å². The van der Waals surface area contributed by atoms with Crippen molar-refractivity contribution in [3.8, 4) is 0 Å². The first kappa shape index (κ1) is 14.1. The van der Waals surface area contributed by atoms with Gasteiger partial charge in [0.2, 0.25) is 5.96 Å². The van der Waals surface area contributed by atoms with E-state index in [0.29, 0.717) is 5.96 Å². The molecule has 6 nitrogen and oxygen atoms in total. The maximum absolute atomic E-state index is 10.5. The Morgan fingerprint density at radius 3 is 2.73 bits per heavy atom. The maximum Gasteiger partial charge on any atom is 0.323 e. The van der Waals surface area contributed by atoms with Crippen LogP contribution in [-0.4, -0.2) is 61.9 Å². The SMILES string of the molecule is CN=C(NSCCNC)N(C)CC(=O)O. The number of hydrogen-bond acceptors (Lipinski definition) is 4. The van der Waals surface area contributed by atoms with Gasteiger partial charge in [0.1, 0.15) is 6.54 Å². The van der Waals surface area contributed by atoms with E-state index >= 15 is 0 Å². The average Bonchev–Trinajstić information content (AvgIpc) is 2.16. The van der Waals surface area contributed by atoms with Crippen LogP contribution in [0.3, 0.4) is 0 Å².